The van der Waals surface area contributed by atoms with Crippen LogP contribution in [0.2, 0.25) is 0 Å². The second-order valence-corrected chi connectivity index (χ2v) is 4.71. The maximum atomic E-state index is 5.59. The van der Waals surface area contributed by atoms with E-state index < -0.39 is 0 Å². The Morgan fingerprint density at radius 3 is 2.89 bits per heavy atom. The molecule has 0 radical (unpaired) electrons. The van der Waals surface area contributed by atoms with Crippen LogP contribution in [0.4, 0.5) is 0 Å². The van der Waals surface area contributed by atoms with Crippen LogP contribution >= 0.6 is 0 Å². The van der Waals surface area contributed by atoms with Crippen LogP contribution in [0.3, 0.4) is 0 Å². The third-order valence-electron chi connectivity index (χ3n) is 3.23. The van der Waals surface area contributed by atoms with Crippen LogP contribution in [0.15, 0.2) is 34.9 Å². The highest BCUT2D eigenvalue weighted by atomic mass is 16.5. The van der Waals surface area contributed by atoms with Crippen molar-refractivity contribution in [3.05, 3.63) is 42.0 Å². The van der Waals surface area contributed by atoms with Crippen molar-refractivity contribution >= 4 is 0 Å². The Labute approximate surface area is 111 Å². The predicted octanol–water partition coefficient (Wildman–Crippen LogP) is 2.75. The monoisotopic (exact) mass is 260 g/mol. The standard InChI is InChI=1S/C14H16N2O3/c1-10-7-8-17-13(10)14-15-12(16-19-14)9-18-11-5-3-2-4-6-11/h2-6,10,13H,7-9H2,1H3/t10-,13-/m0/s1. The molecule has 0 amide bonds. The maximum absolute atomic E-state index is 5.59. The Balaban J connectivity index is 1.62. The van der Waals surface area contributed by atoms with Crippen molar-refractivity contribution in [2.75, 3.05) is 6.61 Å². The molecule has 1 aliphatic rings. The summed E-state index contributed by atoms with van der Waals surface area (Å²) in [6.07, 6.45) is 0.959. The first-order valence-corrected chi connectivity index (χ1v) is 6.45. The summed E-state index contributed by atoms with van der Waals surface area (Å²) in [5.41, 5.74) is 0. The highest BCUT2D eigenvalue weighted by molar-refractivity contribution is 5.20. The van der Waals surface area contributed by atoms with Crippen LogP contribution in [-0.4, -0.2) is 16.7 Å². The molecule has 0 aliphatic carbocycles. The number of aromatic nitrogens is 2. The van der Waals surface area contributed by atoms with Gasteiger partial charge in [-0.05, 0) is 24.5 Å². The van der Waals surface area contributed by atoms with Gasteiger partial charge in [-0.25, -0.2) is 0 Å². The molecular formula is C14H16N2O3. The van der Waals surface area contributed by atoms with E-state index in [2.05, 4.69) is 17.1 Å². The Morgan fingerprint density at radius 1 is 1.32 bits per heavy atom. The maximum Gasteiger partial charge on any atom is 0.256 e. The number of nitrogens with zero attached hydrogens (tertiary/aromatic N) is 2. The predicted molar refractivity (Wildman–Crippen MR) is 67.5 cm³/mol. The number of rotatable bonds is 4. The molecule has 3 rings (SSSR count). The summed E-state index contributed by atoms with van der Waals surface area (Å²) in [6.45, 7) is 3.18. The number of benzene rings is 1. The molecule has 0 unspecified atom stereocenters. The summed E-state index contributed by atoms with van der Waals surface area (Å²) < 4.78 is 16.4. The van der Waals surface area contributed by atoms with Crippen LogP contribution in [-0.2, 0) is 11.3 Å². The molecule has 0 bridgehead atoms. The summed E-state index contributed by atoms with van der Waals surface area (Å²) >= 11 is 0. The lowest BCUT2D eigenvalue weighted by molar-refractivity contribution is 0.0661. The molecule has 5 heteroatoms. The lowest BCUT2D eigenvalue weighted by atomic mass is 10.0. The van der Waals surface area contributed by atoms with E-state index in [0.717, 1.165) is 18.8 Å². The van der Waals surface area contributed by atoms with E-state index >= 15 is 0 Å². The van der Waals surface area contributed by atoms with Gasteiger partial charge in [-0.2, -0.15) is 4.98 Å². The zero-order valence-corrected chi connectivity index (χ0v) is 10.8. The van der Waals surface area contributed by atoms with Gasteiger partial charge in [-0.15, -0.1) is 0 Å². The summed E-state index contributed by atoms with van der Waals surface area (Å²) in [5.74, 6) is 2.31. The van der Waals surface area contributed by atoms with Crippen molar-refractivity contribution in [2.45, 2.75) is 26.1 Å². The molecule has 5 nitrogen and oxygen atoms in total. The zero-order valence-electron chi connectivity index (χ0n) is 10.8. The van der Waals surface area contributed by atoms with Gasteiger partial charge in [0.1, 0.15) is 11.9 Å². The largest absolute Gasteiger partial charge is 0.485 e. The number of hydrogen-bond donors (Lipinski definition) is 0. The van der Waals surface area contributed by atoms with Gasteiger partial charge in [0.25, 0.3) is 5.89 Å². The van der Waals surface area contributed by atoms with E-state index in [1.165, 1.54) is 0 Å². The van der Waals surface area contributed by atoms with E-state index in [1.807, 2.05) is 30.3 Å². The van der Waals surface area contributed by atoms with E-state index in [4.69, 9.17) is 14.0 Å². The molecule has 2 heterocycles. The second kappa shape index (κ2) is 5.40. The third-order valence-corrected chi connectivity index (χ3v) is 3.23. The molecular weight excluding hydrogens is 244 g/mol. The second-order valence-electron chi connectivity index (χ2n) is 4.71. The van der Waals surface area contributed by atoms with E-state index in [0.29, 0.717) is 24.2 Å². The van der Waals surface area contributed by atoms with Gasteiger partial charge in [0.15, 0.2) is 6.61 Å². The van der Waals surface area contributed by atoms with Crippen molar-refractivity contribution in [2.24, 2.45) is 5.92 Å². The molecule has 19 heavy (non-hydrogen) atoms. The molecule has 2 atom stereocenters. The van der Waals surface area contributed by atoms with E-state index in [9.17, 15) is 0 Å². The normalized spacial score (nSPS) is 22.6. The average molecular weight is 260 g/mol. The number of hydrogen-bond acceptors (Lipinski definition) is 5. The summed E-state index contributed by atoms with van der Waals surface area (Å²) in [4.78, 5) is 4.33. The molecule has 100 valence electrons. The lowest BCUT2D eigenvalue weighted by Gasteiger charge is -2.07. The minimum absolute atomic E-state index is 0.0713. The molecule has 1 aromatic heterocycles. The topological polar surface area (TPSA) is 57.4 Å². The SMILES string of the molecule is C[C@H]1CCO[C@@H]1c1nc(COc2ccccc2)no1. The quantitative estimate of drug-likeness (QED) is 0.846. The number of ether oxygens (including phenoxy) is 2. The number of para-hydroxylation sites is 1. The van der Waals surface area contributed by atoms with Crippen molar-refractivity contribution in [1.82, 2.24) is 10.1 Å². The fourth-order valence-corrected chi connectivity index (χ4v) is 2.12. The lowest BCUT2D eigenvalue weighted by Crippen LogP contribution is -2.04. The van der Waals surface area contributed by atoms with Gasteiger partial charge < -0.3 is 14.0 Å². The van der Waals surface area contributed by atoms with Crippen molar-refractivity contribution in [3.63, 3.8) is 0 Å². The van der Waals surface area contributed by atoms with Gasteiger partial charge in [-0.3, -0.25) is 0 Å². The third kappa shape index (κ3) is 2.76. The molecule has 0 N–H and O–H groups in total. The Hall–Kier alpha value is -1.88. The Morgan fingerprint density at radius 2 is 2.16 bits per heavy atom. The molecule has 2 aromatic rings. The molecule has 1 aromatic carbocycles. The first-order chi connectivity index (χ1) is 9.33. The van der Waals surface area contributed by atoms with Gasteiger partial charge in [0.2, 0.25) is 5.82 Å². The van der Waals surface area contributed by atoms with Crippen LogP contribution in [0.25, 0.3) is 0 Å². The van der Waals surface area contributed by atoms with E-state index in [-0.39, 0.29) is 6.10 Å². The highest BCUT2D eigenvalue weighted by Gasteiger charge is 2.30. The average Bonchev–Trinajstić information content (AvgIpc) is 3.06. The fraction of sp³-hybridized carbons (Fsp3) is 0.429. The molecule has 0 saturated carbocycles. The van der Waals surface area contributed by atoms with Gasteiger partial charge in [0.05, 0.1) is 0 Å². The van der Waals surface area contributed by atoms with Crippen molar-refractivity contribution in [1.29, 1.82) is 0 Å². The molecule has 0 spiro atoms. The minimum Gasteiger partial charge on any atom is -0.485 e. The Kier molecular flexibility index (Phi) is 3.46. The smallest absolute Gasteiger partial charge is 0.256 e. The summed E-state index contributed by atoms with van der Waals surface area (Å²) in [6, 6.07) is 9.57. The van der Waals surface area contributed by atoms with E-state index in [1.54, 1.807) is 0 Å². The molecule has 1 saturated heterocycles. The molecule has 1 aliphatic heterocycles. The summed E-state index contributed by atoms with van der Waals surface area (Å²) in [7, 11) is 0. The van der Waals surface area contributed by atoms with Crippen molar-refractivity contribution in [3.8, 4) is 5.75 Å². The van der Waals surface area contributed by atoms with Crippen LogP contribution in [0, 0.1) is 5.92 Å². The fourth-order valence-electron chi connectivity index (χ4n) is 2.12. The van der Waals surface area contributed by atoms with Crippen molar-refractivity contribution < 1.29 is 14.0 Å². The van der Waals surface area contributed by atoms with Crippen LogP contribution in [0.5, 0.6) is 5.75 Å². The van der Waals surface area contributed by atoms with Gasteiger partial charge >= 0.3 is 0 Å². The molecule has 1 fully saturated rings. The minimum atomic E-state index is -0.0713. The highest BCUT2D eigenvalue weighted by Crippen LogP contribution is 2.32. The first-order valence-electron chi connectivity index (χ1n) is 6.45. The summed E-state index contributed by atoms with van der Waals surface area (Å²) in [5, 5.41) is 3.92. The van der Waals surface area contributed by atoms with Gasteiger partial charge in [-0.1, -0.05) is 30.3 Å². The van der Waals surface area contributed by atoms with Crippen LogP contribution < -0.4 is 4.74 Å². The Bertz CT molecular complexity index is 526. The first kappa shape index (κ1) is 12.2. The van der Waals surface area contributed by atoms with Crippen LogP contribution in [0.1, 0.15) is 31.2 Å². The zero-order chi connectivity index (χ0) is 13.1. The van der Waals surface area contributed by atoms with Gasteiger partial charge in [0, 0.05) is 6.61 Å².